The zero-order valence-corrected chi connectivity index (χ0v) is 14.8. The van der Waals surface area contributed by atoms with E-state index < -0.39 is 0 Å². The van der Waals surface area contributed by atoms with Gasteiger partial charge in [0.1, 0.15) is 0 Å². The van der Waals surface area contributed by atoms with Crippen molar-refractivity contribution in [2.24, 2.45) is 29.6 Å². The molecule has 0 aromatic heterocycles. The van der Waals surface area contributed by atoms with E-state index in [0.29, 0.717) is 30.0 Å². The molecule has 4 heteroatoms. The van der Waals surface area contributed by atoms with Gasteiger partial charge in [-0.05, 0) is 81.0 Å². The number of rotatable bonds is 3. The average Bonchev–Trinajstić information content (AvgIpc) is 3.20. The topological polar surface area (TPSA) is 41.1 Å². The second-order valence-corrected chi connectivity index (χ2v) is 9.01. The molecule has 5 aliphatic rings. The smallest absolute Gasteiger partial charge is 0.220 e. The van der Waals surface area contributed by atoms with Gasteiger partial charge in [-0.1, -0.05) is 6.42 Å². The summed E-state index contributed by atoms with van der Waals surface area (Å²) in [6.07, 6.45) is 13.0. The van der Waals surface area contributed by atoms with Gasteiger partial charge >= 0.3 is 0 Å². The van der Waals surface area contributed by atoms with E-state index in [1.807, 2.05) is 0 Å². The molecule has 3 aliphatic carbocycles. The predicted molar refractivity (Wildman–Crippen MR) is 93.5 cm³/mol. The van der Waals surface area contributed by atoms with Crippen LogP contribution >= 0.6 is 12.4 Å². The van der Waals surface area contributed by atoms with Crippen LogP contribution in [0.25, 0.3) is 0 Å². The second-order valence-electron chi connectivity index (χ2n) is 9.01. The molecule has 2 saturated heterocycles. The lowest BCUT2D eigenvalue weighted by atomic mass is 9.79. The van der Waals surface area contributed by atoms with Crippen molar-refractivity contribution in [2.45, 2.75) is 82.3 Å². The quantitative estimate of drug-likeness (QED) is 0.829. The maximum absolute atomic E-state index is 12.5. The van der Waals surface area contributed by atoms with Crippen molar-refractivity contribution in [1.82, 2.24) is 10.6 Å². The van der Waals surface area contributed by atoms with Gasteiger partial charge in [-0.25, -0.2) is 0 Å². The molecule has 23 heavy (non-hydrogen) atoms. The summed E-state index contributed by atoms with van der Waals surface area (Å²) in [4.78, 5) is 12.5. The minimum atomic E-state index is 0. The molecule has 2 aliphatic heterocycles. The summed E-state index contributed by atoms with van der Waals surface area (Å²) in [5, 5.41) is 7.14. The van der Waals surface area contributed by atoms with Crippen LogP contribution in [0.4, 0.5) is 0 Å². The molecule has 3 nitrogen and oxygen atoms in total. The average molecular weight is 339 g/mol. The van der Waals surface area contributed by atoms with E-state index in [0.717, 1.165) is 30.1 Å². The summed E-state index contributed by atoms with van der Waals surface area (Å²) in [6, 6.07) is 1.94. The summed E-state index contributed by atoms with van der Waals surface area (Å²) >= 11 is 0. The van der Waals surface area contributed by atoms with Crippen LogP contribution in [0.1, 0.15) is 64.2 Å². The summed E-state index contributed by atoms with van der Waals surface area (Å²) in [6.45, 7) is 0. The molecular formula is C19H31ClN2O. The molecule has 0 radical (unpaired) electrons. The van der Waals surface area contributed by atoms with Crippen LogP contribution in [-0.2, 0) is 4.79 Å². The third-order valence-electron chi connectivity index (χ3n) is 7.82. The van der Waals surface area contributed by atoms with Crippen molar-refractivity contribution in [3.05, 3.63) is 0 Å². The molecule has 2 N–H and O–H groups in total. The Kier molecular flexibility index (Phi) is 4.38. The Hall–Kier alpha value is -0.280. The van der Waals surface area contributed by atoms with Gasteiger partial charge in [0.25, 0.3) is 0 Å². The highest BCUT2D eigenvalue weighted by atomic mass is 35.5. The minimum absolute atomic E-state index is 0. The van der Waals surface area contributed by atoms with Crippen molar-refractivity contribution in [3.63, 3.8) is 0 Å². The largest absolute Gasteiger partial charge is 0.353 e. The highest BCUT2D eigenvalue weighted by molar-refractivity contribution is 5.85. The van der Waals surface area contributed by atoms with Gasteiger partial charge in [0.2, 0.25) is 5.91 Å². The molecule has 0 spiro atoms. The van der Waals surface area contributed by atoms with Gasteiger partial charge in [0.15, 0.2) is 0 Å². The van der Waals surface area contributed by atoms with Crippen molar-refractivity contribution in [2.75, 3.05) is 0 Å². The lowest BCUT2D eigenvalue weighted by molar-refractivity contribution is -0.123. The van der Waals surface area contributed by atoms with Crippen LogP contribution in [0, 0.1) is 29.6 Å². The summed E-state index contributed by atoms with van der Waals surface area (Å²) in [5.74, 6) is 4.75. The third-order valence-corrected chi connectivity index (χ3v) is 7.82. The number of amides is 1. The molecule has 1 amide bonds. The number of piperidine rings is 1. The van der Waals surface area contributed by atoms with Crippen molar-refractivity contribution < 1.29 is 4.79 Å². The lowest BCUT2D eigenvalue weighted by Gasteiger charge is -2.33. The number of carbonyl (C=O) groups excluding carboxylic acids is 1. The highest BCUT2D eigenvalue weighted by Crippen LogP contribution is 2.58. The Balaban J connectivity index is 0.00000135. The Morgan fingerprint density at radius 2 is 1.65 bits per heavy atom. The first-order chi connectivity index (χ1) is 10.8. The van der Waals surface area contributed by atoms with Crippen molar-refractivity contribution in [3.8, 4) is 0 Å². The van der Waals surface area contributed by atoms with E-state index in [4.69, 9.17) is 0 Å². The van der Waals surface area contributed by atoms with Gasteiger partial charge in [0.05, 0.1) is 0 Å². The van der Waals surface area contributed by atoms with Crippen LogP contribution in [-0.4, -0.2) is 24.0 Å². The van der Waals surface area contributed by atoms with E-state index in [1.165, 1.54) is 57.8 Å². The molecule has 0 aromatic carbocycles. The Bertz CT molecular complexity index is 458. The van der Waals surface area contributed by atoms with Crippen LogP contribution in [0.5, 0.6) is 0 Å². The van der Waals surface area contributed by atoms with Gasteiger partial charge in [-0.15, -0.1) is 12.4 Å². The zero-order valence-electron chi connectivity index (χ0n) is 14.0. The third kappa shape index (κ3) is 2.82. The van der Waals surface area contributed by atoms with E-state index >= 15 is 0 Å². The molecule has 2 heterocycles. The van der Waals surface area contributed by atoms with E-state index in [-0.39, 0.29) is 12.4 Å². The van der Waals surface area contributed by atoms with Crippen molar-refractivity contribution >= 4 is 18.3 Å². The van der Waals surface area contributed by atoms with E-state index in [9.17, 15) is 4.79 Å². The van der Waals surface area contributed by atoms with Gasteiger partial charge in [-0.3, -0.25) is 4.79 Å². The van der Waals surface area contributed by atoms with Gasteiger partial charge in [0, 0.05) is 24.5 Å². The first-order valence-electron chi connectivity index (χ1n) is 9.81. The number of fused-ring (bicyclic) bond motifs is 7. The van der Waals surface area contributed by atoms with Crippen molar-refractivity contribution in [1.29, 1.82) is 0 Å². The fourth-order valence-corrected chi connectivity index (χ4v) is 7.10. The molecular weight excluding hydrogens is 308 g/mol. The molecule has 4 bridgehead atoms. The number of hydrogen-bond donors (Lipinski definition) is 2. The minimum Gasteiger partial charge on any atom is -0.353 e. The standard InChI is InChI=1S/C19H30N2O.ClH/c22-19(8-11-6-13-4-5-14(7-11)20-13)21-18-10-12-9-17(18)16-3-1-2-15(12)16;/h11-18,20H,1-10H2,(H,21,22);1H. The number of hydrogen-bond acceptors (Lipinski definition) is 2. The Labute approximate surface area is 146 Å². The monoisotopic (exact) mass is 338 g/mol. The zero-order chi connectivity index (χ0) is 14.7. The van der Waals surface area contributed by atoms with E-state index in [1.54, 1.807) is 0 Å². The summed E-state index contributed by atoms with van der Waals surface area (Å²) in [5.41, 5.74) is 0. The van der Waals surface area contributed by atoms with Gasteiger partial charge in [-0.2, -0.15) is 0 Å². The first kappa shape index (κ1) is 16.2. The van der Waals surface area contributed by atoms with Gasteiger partial charge < -0.3 is 10.6 Å². The molecule has 5 rings (SSSR count). The van der Waals surface area contributed by atoms with Crippen LogP contribution in [0.2, 0.25) is 0 Å². The maximum atomic E-state index is 12.5. The van der Waals surface area contributed by atoms with Crippen LogP contribution in [0.3, 0.4) is 0 Å². The number of nitrogens with one attached hydrogen (secondary N) is 2. The fourth-order valence-electron chi connectivity index (χ4n) is 7.10. The lowest BCUT2D eigenvalue weighted by Crippen LogP contribution is -2.44. The molecule has 5 fully saturated rings. The highest BCUT2D eigenvalue weighted by Gasteiger charge is 2.54. The number of halogens is 1. The molecule has 130 valence electrons. The predicted octanol–water partition coefficient (Wildman–Crippen LogP) is 3.27. The second kappa shape index (κ2) is 6.22. The molecule has 0 aromatic rings. The molecule has 7 atom stereocenters. The summed E-state index contributed by atoms with van der Waals surface area (Å²) < 4.78 is 0. The molecule has 3 saturated carbocycles. The number of carbonyl (C=O) groups is 1. The summed E-state index contributed by atoms with van der Waals surface area (Å²) in [7, 11) is 0. The normalized spacial score (nSPS) is 49.7. The SMILES string of the molecule is Cl.O=C(CC1CC2CCC(C1)N2)NC1CC2CC1C1CCCC21. The van der Waals surface area contributed by atoms with Crippen LogP contribution < -0.4 is 10.6 Å². The fraction of sp³-hybridized carbons (Fsp3) is 0.947. The van der Waals surface area contributed by atoms with Crippen LogP contribution in [0.15, 0.2) is 0 Å². The Morgan fingerprint density at radius 1 is 0.913 bits per heavy atom. The maximum Gasteiger partial charge on any atom is 0.220 e. The first-order valence-corrected chi connectivity index (χ1v) is 9.81. The Morgan fingerprint density at radius 3 is 2.43 bits per heavy atom. The molecule has 7 unspecified atom stereocenters. The van der Waals surface area contributed by atoms with E-state index in [2.05, 4.69) is 10.6 Å².